The molecular weight excluding hydrogens is 286 g/mol. The second-order valence-electron chi connectivity index (χ2n) is 5.05. The molecule has 0 bridgehead atoms. The number of nitrogens with two attached hydrogens (primary N) is 1. The lowest BCUT2D eigenvalue weighted by Crippen LogP contribution is -2.54. The highest BCUT2D eigenvalue weighted by Crippen LogP contribution is 2.42. The van der Waals surface area contributed by atoms with Gasteiger partial charge in [0.15, 0.2) is 11.5 Å². The number of hydrogen-bond acceptors (Lipinski definition) is 5. The maximum Gasteiger partial charge on any atom is 0.586 e. The van der Waals surface area contributed by atoms with Crippen molar-refractivity contribution in [2.24, 2.45) is 5.73 Å². The molecule has 2 aliphatic heterocycles. The van der Waals surface area contributed by atoms with Crippen LogP contribution in [0.2, 0.25) is 0 Å². The number of rotatable bonds is 2. The molecule has 0 aromatic heterocycles. The Morgan fingerprint density at radius 3 is 2.57 bits per heavy atom. The van der Waals surface area contributed by atoms with E-state index in [4.69, 9.17) is 10.5 Å². The summed E-state index contributed by atoms with van der Waals surface area (Å²) in [6, 6.07) is 4.03. The molecule has 2 heterocycles. The number of benzene rings is 1. The van der Waals surface area contributed by atoms with Gasteiger partial charge in [-0.3, -0.25) is 4.79 Å². The summed E-state index contributed by atoms with van der Waals surface area (Å²) < 4.78 is 39.6. The van der Waals surface area contributed by atoms with Crippen LogP contribution >= 0.6 is 0 Å². The van der Waals surface area contributed by atoms with Gasteiger partial charge in [-0.05, 0) is 25.0 Å². The summed E-state index contributed by atoms with van der Waals surface area (Å²) in [5.41, 5.74) is 5.34. The van der Waals surface area contributed by atoms with E-state index in [-0.39, 0.29) is 17.4 Å². The second-order valence-corrected chi connectivity index (χ2v) is 5.05. The van der Waals surface area contributed by atoms with Crippen LogP contribution in [-0.2, 0) is 9.53 Å². The van der Waals surface area contributed by atoms with Gasteiger partial charge in [-0.25, -0.2) is 0 Å². The fraction of sp³-hybridized carbons (Fsp3) is 0.462. The summed E-state index contributed by atoms with van der Waals surface area (Å²) in [6.07, 6.45) is -2.87. The predicted octanol–water partition coefficient (Wildman–Crippen LogP) is 1.45. The largest absolute Gasteiger partial charge is 0.586 e. The Hall–Kier alpha value is -1.93. The molecule has 2 aliphatic rings. The number of alkyl halides is 2. The van der Waals surface area contributed by atoms with E-state index in [0.717, 1.165) is 0 Å². The van der Waals surface area contributed by atoms with Crippen molar-refractivity contribution < 1.29 is 27.8 Å². The van der Waals surface area contributed by atoms with E-state index in [1.165, 1.54) is 18.2 Å². The Balaban J connectivity index is 1.73. The van der Waals surface area contributed by atoms with E-state index < -0.39 is 11.8 Å². The molecule has 6 nitrogen and oxygen atoms in total. The molecule has 8 heteroatoms. The minimum absolute atomic E-state index is 0.0773. The molecule has 1 saturated heterocycles. The topological polar surface area (TPSA) is 82.8 Å². The summed E-state index contributed by atoms with van der Waals surface area (Å²) in [7, 11) is 0. The van der Waals surface area contributed by atoms with Gasteiger partial charge in [0.1, 0.15) is 5.54 Å². The number of ether oxygens (including phenoxy) is 3. The second kappa shape index (κ2) is 4.81. The Bertz CT molecular complexity index is 573. The monoisotopic (exact) mass is 300 g/mol. The number of carbonyl (C=O) groups is 1. The molecule has 0 unspecified atom stereocenters. The Morgan fingerprint density at radius 1 is 1.19 bits per heavy atom. The molecule has 1 fully saturated rings. The first kappa shape index (κ1) is 14.0. The molecule has 21 heavy (non-hydrogen) atoms. The summed E-state index contributed by atoms with van der Waals surface area (Å²) in [4.78, 5) is 12.2. The van der Waals surface area contributed by atoms with Gasteiger partial charge in [0.25, 0.3) is 0 Å². The number of anilines is 1. The van der Waals surface area contributed by atoms with Crippen molar-refractivity contribution in [2.45, 2.75) is 24.7 Å². The fourth-order valence-electron chi connectivity index (χ4n) is 2.25. The minimum atomic E-state index is -3.68. The molecule has 0 spiro atoms. The number of amides is 1. The zero-order chi connectivity index (χ0) is 15.1. The molecule has 1 aromatic rings. The number of nitrogens with one attached hydrogen (secondary N) is 1. The number of fused-ring (bicyclic) bond motifs is 1. The zero-order valence-electron chi connectivity index (χ0n) is 11.0. The highest BCUT2D eigenvalue weighted by molar-refractivity contribution is 5.98. The summed E-state index contributed by atoms with van der Waals surface area (Å²) in [5, 5.41) is 2.61. The van der Waals surface area contributed by atoms with Crippen LogP contribution in [0.4, 0.5) is 14.5 Å². The SMILES string of the molecule is NC1(C(=O)Nc2ccc3c(c2)OC(F)(F)O3)CCOCC1. The number of hydrogen-bond donors (Lipinski definition) is 2. The Labute approximate surface area is 119 Å². The highest BCUT2D eigenvalue weighted by Gasteiger charge is 2.43. The fourth-order valence-corrected chi connectivity index (χ4v) is 2.25. The molecular formula is C13H14F2N2O4. The molecule has 0 atom stereocenters. The lowest BCUT2D eigenvalue weighted by molar-refractivity contribution is -0.286. The van der Waals surface area contributed by atoms with Gasteiger partial charge >= 0.3 is 6.29 Å². The first-order valence-electron chi connectivity index (χ1n) is 6.46. The van der Waals surface area contributed by atoms with Crippen molar-refractivity contribution in [3.05, 3.63) is 18.2 Å². The molecule has 3 rings (SSSR count). The summed E-state index contributed by atoms with van der Waals surface area (Å²) >= 11 is 0. The number of carbonyl (C=O) groups excluding carboxylic acids is 1. The van der Waals surface area contributed by atoms with E-state index in [0.29, 0.717) is 31.7 Å². The van der Waals surface area contributed by atoms with E-state index in [2.05, 4.69) is 14.8 Å². The van der Waals surface area contributed by atoms with Gasteiger partial charge in [-0.1, -0.05) is 0 Å². The molecule has 0 saturated carbocycles. The first-order chi connectivity index (χ1) is 9.88. The van der Waals surface area contributed by atoms with Crippen molar-refractivity contribution in [3.63, 3.8) is 0 Å². The summed E-state index contributed by atoms with van der Waals surface area (Å²) in [5.74, 6) is -0.584. The van der Waals surface area contributed by atoms with Gasteiger partial charge in [-0.15, -0.1) is 8.78 Å². The van der Waals surface area contributed by atoms with Crippen LogP contribution in [0, 0.1) is 0 Å². The average Bonchev–Trinajstić information content (AvgIpc) is 2.72. The van der Waals surface area contributed by atoms with Gasteiger partial charge in [0.05, 0.1) is 0 Å². The van der Waals surface area contributed by atoms with Crippen LogP contribution in [0.25, 0.3) is 0 Å². The van der Waals surface area contributed by atoms with Crippen LogP contribution in [-0.4, -0.2) is 31.0 Å². The maximum atomic E-state index is 12.9. The molecule has 3 N–H and O–H groups in total. The summed E-state index contributed by atoms with van der Waals surface area (Å²) in [6.45, 7) is 0.828. The zero-order valence-corrected chi connectivity index (χ0v) is 11.0. The Morgan fingerprint density at radius 2 is 1.86 bits per heavy atom. The number of halogens is 2. The minimum Gasteiger partial charge on any atom is -0.395 e. The van der Waals surface area contributed by atoms with Crippen molar-refractivity contribution in [2.75, 3.05) is 18.5 Å². The molecule has 114 valence electrons. The van der Waals surface area contributed by atoms with Crippen LogP contribution in [0.3, 0.4) is 0 Å². The third-order valence-electron chi connectivity index (χ3n) is 3.50. The van der Waals surface area contributed by atoms with E-state index >= 15 is 0 Å². The van der Waals surface area contributed by atoms with E-state index in [9.17, 15) is 13.6 Å². The normalized spacial score (nSPS) is 21.9. The lowest BCUT2D eigenvalue weighted by Gasteiger charge is -2.31. The smallest absolute Gasteiger partial charge is 0.395 e. The molecule has 0 aliphatic carbocycles. The Kier molecular flexibility index (Phi) is 3.22. The standard InChI is InChI=1S/C13H14F2N2O4/c14-13(15)20-9-2-1-8(7-10(9)21-13)17-11(18)12(16)3-5-19-6-4-12/h1-2,7H,3-6,16H2,(H,17,18). The van der Waals surface area contributed by atoms with E-state index in [1.807, 2.05) is 0 Å². The van der Waals surface area contributed by atoms with Crippen molar-refractivity contribution in [1.82, 2.24) is 0 Å². The van der Waals surface area contributed by atoms with Crippen LogP contribution in [0.5, 0.6) is 11.5 Å². The van der Waals surface area contributed by atoms with E-state index in [1.54, 1.807) is 0 Å². The third kappa shape index (κ3) is 2.77. The van der Waals surface area contributed by atoms with Gasteiger partial charge < -0.3 is 25.3 Å². The van der Waals surface area contributed by atoms with Crippen LogP contribution < -0.4 is 20.5 Å². The van der Waals surface area contributed by atoms with Crippen molar-refractivity contribution in [3.8, 4) is 11.5 Å². The predicted molar refractivity (Wildman–Crippen MR) is 68.2 cm³/mol. The maximum absolute atomic E-state index is 12.9. The molecule has 1 amide bonds. The van der Waals surface area contributed by atoms with Crippen molar-refractivity contribution >= 4 is 11.6 Å². The van der Waals surface area contributed by atoms with Gasteiger partial charge in [0.2, 0.25) is 5.91 Å². The van der Waals surface area contributed by atoms with Gasteiger partial charge in [0, 0.05) is 25.0 Å². The van der Waals surface area contributed by atoms with Crippen LogP contribution in [0.1, 0.15) is 12.8 Å². The average molecular weight is 300 g/mol. The van der Waals surface area contributed by atoms with Crippen molar-refractivity contribution in [1.29, 1.82) is 0 Å². The molecule has 1 aromatic carbocycles. The lowest BCUT2D eigenvalue weighted by atomic mass is 9.90. The first-order valence-corrected chi connectivity index (χ1v) is 6.46. The third-order valence-corrected chi connectivity index (χ3v) is 3.50. The van der Waals surface area contributed by atoms with Crippen LogP contribution in [0.15, 0.2) is 18.2 Å². The molecule has 0 radical (unpaired) electrons. The van der Waals surface area contributed by atoms with Gasteiger partial charge in [-0.2, -0.15) is 0 Å². The quantitative estimate of drug-likeness (QED) is 0.864. The highest BCUT2D eigenvalue weighted by atomic mass is 19.3.